The van der Waals surface area contributed by atoms with Crippen molar-refractivity contribution in [3.63, 3.8) is 0 Å². The van der Waals surface area contributed by atoms with E-state index in [1.54, 1.807) is 0 Å². The highest BCUT2D eigenvalue weighted by molar-refractivity contribution is 6.74. The van der Waals surface area contributed by atoms with Crippen LogP contribution in [0.1, 0.15) is 93.9 Å². The lowest BCUT2D eigenvalue weighted by molar-refractivity contribution is -0.164. The number of rotatable bonds is 12. The summed E-state index contributed by atoms with van der Waals surface area (Å²) >= 11 is 0. The van der Waals surface area contributed by atoms with Crippen LogP contribution in [0.15, 0.2) is 66.3 Å². The molecule has 9 heteroatoms. The minimum Gasteiger partial charge on any atom is -0.478 e. The van der Waals surface area contributed by atoms with Crippen LogP contribution in [0.3, 0.4) is 0 Å². The Morgan fingerprint density at radius 3 is 2.25 bits per heavy atom. The Labute approximate surface area is 321 Å². The maximum absolute atomic E-state index is 14.2. The van der Waals surface area contributed by atoms with Gasteiger partial charge >= 0.3 is 11.9 Å². The van der Waals surface area contributed by atoms with E-state index in [9.17, 15) is 9.59 Å². The summed E-state index contributed by atoms with van der Waals surface area (Å²) in [5.74, 6) is 0.604. The van der Waals surface area contributed by atoms with Gasteiger partial charge in [0.05, 0.1) is 18.6 Å². The summed E-state index contributed by atoms with van der Waals surface area (Å²) < 4.78 is 32.7. The summed E-state index contributed by atoms with van der Waals surface area (Å²) in [6, 6.07) is 14.0. The molecule has 2 aromatic rings. The van der Waals surface area contributed by atoms with Gasteiger partial charge in [-0.25, -0.2) is 4.79 Å². The molecular weight excluding hydrogens is 697 g/mol. The Morgan fingerprint density at radius 2 is 1.57 bits per heavy atom. The van der Waals surface area contributed by atoms with Crippen molar-refractivity contribution >= 4 is 39.3 Å². The van der Waals surface area contributed by atoms with Gasteiger partial charge in [0.2, 0.25) is 0 Å². The van der Waals surface area contributed by atoms with Gasteiger partial charge in [0.15, 0.2) is 22.7 Å². The number of allylic oxidation sites excluding steroid dienone is 2. The second kappa shape index (κ2) is 16.2. The fourth-order valence-corrected chi connectivity index (χ4v) is 10.3. The molecule has 0 amide bonds. The van der Waals surface area contributed by atoms with Crippen LogP contribution >= 0.6 is 0 Å². The van der Waals surface area contributed by atoms with E-state index in [0.29, 0.717) is 31.4 Å². The lowest BCUT2D eigenvalue weighted by Gasteiger charge is -2.46. The summed E-state index contributed by atoms with van der Waals surface area (Å²) in [5, 5.41) is 2.14. The zero-order valence-electron chi connectivity index (χ0n) is 34.5. The van der Waals surface area contributed by atoms with E-state index < -0.39 is 22.7 Å². The smallest absolute Gasteiger partial charge is 0.347 e. The van der Waals surface area contributed by atoms with Crippen molar-refractivity contribution < 1.29 is 32.7 Å². The molecule has 2 aromatic carbocycles. The first-order chi connectivity index (χ1) is 24.7. The molecular formula is C44H66O7Si2. The fraction of sp³-hybridized carbons (Fsp3) is 0.636. The zero-order chi connectivity index (χ0) is 38.9. The van der Waals surface area contributed by atoms with Crippen molar-refractivity contribution in [3.05, 3.63) is 66.3 Å². The van der Waals surface area contributed by atoms with E-state index in [1.165, 1.54) is 5.57 Å². The molecule has 1 heterocycles. The lowest BCUT2D eigenvalue weighted by Crippen LogP contribution is -2.49. The molecule has 1 saturated heterocycles. The summed E-state index contributed by atoms with van der Waals surface area (Å²) in [6.45, 7) is 26.7. The minimum atomic E-state index is -2.13. The van der Waals surface area contributed by atoms with Gasteiger partial charge in [-0.15, -0.1) is 0 Å². The average Bonchev–Trinajstić information content (AvgIpc) is 3.05. The highest BCUT2D eigenvalue weighted by atomic mass is 28.4. The van der Waals surface area contributed by atoms with Gasteiger partial charge in [0.25, 0.3) is 0 Å². The van der Waals surface area contributed by atoms with E-state index >= 15 is 0 Å². The molecule has 292 valence electrons. The molecule has 8 atom stereocenters. The van der Waals surface area contributed by atoms with Crippen LogP contribution in [0.4, 0.5) is 0 Å². The second-order valence-electron chi connectivity index (χ2n) is 18.8. The molecule has 0 radical (unpaired) electrons. The van der Waals surface area contributed by atoms with E-state index in [1.807, 2.05) is 49.4 Å². The Hall–Kier alpha value is -2.73. The number of hydrogen-bond donors (Lipinski definition) is 0. The molecule has 5 unspecified atom stereocenters. The summed E-state index contributed by atoms with van der Waals surface area (Å²) in [6.07, 6.45) is 8.87. The van der Waals surface area contributed by atoms with Crippen LogP contribution in [0, 0.1) is 17.8 Å². The van der Waals surface area contributed by atoms with Gasteiger partial charge in [-0.2, -0.15) is 0 Å². The van der Waals surface area contributed by atoms with Crippen LogP contribution in [-0.4, -0.2) is 59.1 Å². The fourth-order valence-electron chi connectivity index (χ4n) is 7.67. The van der Waals surface area contributed by atoms with Crippen LogP contribution < -0.4 is 4.74 Å². The largest absolute Gasteiger partial charge is 0.478 e. The number of carbonyl (C=O) groups excluding carboxylic acids is 2. The van der Waals surface area contributed by atoms with Gasteiger partial charge in [0.1, 0.15) is 18.0 Å². The molecule has 1 aliphatic heterocycles. The lowest BCUT2D eigenvalue weighted by atomic mass is 9.66. The van der Waals surface area contributed by atoms with Gasteiger partial charge in [-0.1, -0.05) is 110 Å². The molecule has 3 aliphatic rings. The van der Waals surface area contributed by atoms with Crippen molar-refractivity contribution in [1.82, 2.24) is 0 Å². The van der Waals surface area contributed by atoms with Gasteiger partial charge in [-0.05, 0) is 84.4 Å². The van der Waals surface area contributed by atoms with Gasteiger partial charge < -0.3 is 23.1 Å². The Bertz CT molecular complexity index is 1660. The predicted molar refractivity (Wildman–Crippen MR) is 219 cm³/mol. The molecule has 2 aliphatic carbocycles. The van der Waals surface area contributed by atoms with Gasteiger partial charge in [-0.3, -0.25) is 4.79 Å². The quantitative estimate of drug-likeness (QED) is 0.157. The zero-order valence-corrected chi connectivity index (χ0v) is 36.5. The molecule has 0 aromatic heterocycles. The third-order valence-electron chi connectivity index (χ3n) is 12.8. The first-order valence-corrected chi connectivity index (χ1v) is 25.8. The SMILES string of the molecule is CC[C@H](Oc1cccc2ccccc12)C(=O)OC1CC(O[Si](C)(C)C(C)(C)C)C=C2C=CC(C)C(CC[C@@H]3C[C@@H](O[Si](C)(C)C(C)(C)C)CC(=O)O3)C21. The monoisotopic (exact) mass is 762 g/mol. The second-order valence-corrected chi connectivity index (χ2v) is 28.3. The Balaban J connectivity index is 1.38. The molecule has 7 nitrogen and oxygen atoms in total. The maximum atomic E-state index is 14.2. The molecule has 0 spiro atoms. The topological polar surface area (TPSA) is 80.3 Å². The number of cyclic esters (lactones) is 1. The summed E-state index contributed by atoms with van der Waals surface area (Å²) in [5.41, 5.74) is 1.17. The highest BCUT2D eigenvalue weighted by Crippen LogP contribution is 2.47. The Kier molecular flexibility index (Phi) is 12.6. The van der Waals surface area contributed by atoms with Crippen LogP contribution in [0.5, 0.6) is 5.75 Å². The molecule has 0 bridgehead atoms. The van der Waals surface area contributed by atoms with Crippen LogP contribution in [0.2, 0.25) is 36.3 Å². The molecule has 0 N–H and O–H groups in total. The van der Waals surface area contributed by atoms with E-state index in [4.69, 9.17) is 23.1 Å². The maximum Gasteiger partial charge on any atom is 0.347 e. The Morgan fingerprint density at radius 1 is 0.906 bits per heavy atom. The minimum absolute atomic E-state index is 0.00755. The number of ether oxygens (including phenoxy) is 3. The van der Waals surface area contributed by atoms with Crippen LogP contribution in [-0.2, 0) is 27.9 Å². The molecule has 5 rings (SSSR count). The third-order valence-corrected chi connectivity index (χ3v) is 21.9. The summed E-state index contributed by atoms with van der Waals surface area (Å²) in [4.78, 5) is 27.0. The molecule has 53 heavy (non-hydrogen) atoms. The van der Waals surface area contributed by atoms with Crippen molar-refractivity contribution in [3.8, 4) is 5.75 Å². The summed E-state index contributed by atoms with van der Waals surface area (Å²) in [7, 11) is -4.17. The average molecular weight is 763 g/mol. The van der Waals surface area contributed by atoms with Gasteiger partial charge in [0, 0.05) is 24.1 Å². The predicted octanol–water partition coefficient (Wildman–Crippen LogP) is 10.9. The number of benzene rings is 2. The van der Waals surface area contributed by atoms with Crippen molar-refractivity contribution in [2.75, 3.05) is 0 Å². The number of hydrogen-bond acceptors (Lipinski definition) is 7. The van der Waals surface area contributed by atoms with E-state index in [2.05, 4.69) is 92.9 Å². The van der Waals surface area contributed by atoms with E-state index in [0.717, 1.165) is 23.6 Å². The van der Waals surface area contributed by atoms with Crippen molar-refractivity contribution in [1.29, 1.82) is 0 Å². The van der Waals surface area contributed by atoms with Crippen LogP contribution in [0.25, 0.3) is 10.8 Å². The van der Waals surface area contributed by atoms with E-state index in [-0.39, 0.29) is 64.2 Å². The van der Waals surface area contributed by atoms with Crippen molar-refractivity contribution in [2.45, 2.75) is 161 Å². The first-order valence-electron chi connectivity index (χ1n) is 20.0. The van der Waals surface area contributed by atoms with Crippen molar-refractivity contribution in [2.24, 2.45) is 17.8 Å². The standard InChI is InChI=1S/C44H66O7Si2/c1-13-37(48-38-20-16-18-30-17-14-15-19-36(30)38)42(46)49-39-27-33(50-52(9,10)43(3,4)5)25-31-22-21-29(2)35(41(31)39)24-23-32-26-34(28-40(45)47-32)51-53(11,12)44(6,7)8/h14-22,25,29,32-35,37,39,41H,13,23-24,26-28H2,1-12H3/t29?,32-,33?,34-,35?,37+,39?,41?/m1/s1. The highest BCUT2D eigenvalue weighted by Gasteiger charge is 2.47. The first kappa shape index (κ1) is 41.4. The number of fused-ring (bicyclic) bond motifs is 2. The molecule has 1 fully saturated rings. The third kappa shape index (κ3) is 9.75. The number of carbonyl (C=O) groups is 2. The number of esters is 2. The normalized spacial score (nSPS) is 27.4. The molecule has 0 saturated carbocycles.